The first-order chi connectivity index (χ1) is 13.2. The lowest BCUT2D eigenvalue weighted by Gasteiger charge is -2.16. The van der Waals surface area contributed by atoms with Crippen LogP contribution in [0.2, 0.25) is 0 Å². The topological polar surface area (TPSA) is 58.9 Å². The summed E-state index contributed by atoms with van der Waals surface area (Å²) in [4.78, 5) is 0. The lowest BCUT2D eigenvalue weighted by Crippen LogP contribution is -2.17. The van der Waals surface area contributed by atoms with Crippen LogP contribution in [0.5, 0.6) is 23.0 Å². The fourth-order valence-corrected chi connectivity index (χ4v) is 2.73. The molecular weight excluding hydrogens is 380 g/mol. The standard InChI is InChI=1S/C20H14F4O4/c1-27-15-3-5-18(26)17(10-15)16-4-2-11(8-19(16)28-20(22,23)24)12-6-13(21)9-14(25)7-12/h2-10,25-26H,1H3. The molecule has 0 radical (unpaired) electrons. The summed E-state index contributed by atoms with van der Waals surface area (Å²) in [7, 11) is 1.38. The van der Waals surface area contributed by atoms with Crippen LogP contribution in [0.25, 0.3) is 22.3 Å². The smallest absolute Gasteiger partial charge is 0.508 e. The van der Waals surface area contributed by atoms with E-state index < -0.39 is 17.9 Å². The van der Waals surface area contributed by atoms with E-state index in [0.29, 0.717) is 5.75 Å². The van der Waals surface area contributed by atoms with Gasteiger partial charge in [-0.2, -0.15) is 0 Å². The van der Waals surface area contributed by atoms with Gasteiger partial charge in [0.2, 0.25) is 0 Å². The molecule has 0 heterocycles. The van der Waals surface area contributed by atoms with Gasteiger partial charge in [0.05, 0.1) is 7.11 Å². The van der Waals surface area contributed by atoms with E-state index in [1.165, 1.54) is 43.5 Å². The van der Waals surface area contributed by atoms with Crippen molar-refractivity contribution in [2.24, 2.45) is 0 Å². The molecule has 0 bridgehead atoms. The molecule has 0 saturated carbocycles. The van der Waals surface area contributed by atoms with Crippen LogP contribution in [0, 0.1) is 5.82 Å². The number of benzene rings is 3. The van der Waals surface area contributed by atoms with Crippen molar-refractivity contribution in [3.8, 4) is 45.3 Å². The summed E-state index contributed by atoms with van der Waals surface area (Å²) in [5, 5.41) is 19.6. The summed E-state index contributed by atoms with van der Waals surface area (Å²) in [5.41, 5.74) is 0.358. The minimum atomic E-state index is -4.99. The van der Waals surface area contributed by atoms with Gasteiger partial charge in [-0.3, -0.25) is 0 Å². The van der Waals surface area contributed by atoms with Crippen molar-refractivity contribution in [3.63, 3.8) is 0 Å². The molecule has 0 saturated heterocycles. The Balaban J connectivity index is 2.18. The number of ether oxygens (including phenoxy) is 2. The van der Waals surface area contributed by atoms with E-state index in [2.05, 4.69) is 4.74 Å². The van der Waals surface area contributed by atoms with Gasteiger partial charge in [0.25, 0.3) is 0 Å². The minimum absolute atomic E-state index is 0.0434. The van der Waals surface area contributed by atoms with Crippen LogP contribution in [0.15, 0.2) is 54.6 Å². The van der Waals surface area contributed by atoms with Crippen molar-refractivity contribution in [2.45, 2.75) is 6.36 Å². The first-order valence-electron chi connectivity index (χ1n) is 7.93. The van der Waals surface area contributed by atoms with Crippen LogP contribution < -0.4 is 9.47 Å². The normalized spacial score (nSPS) is 11.3. The largest absolute Gasteiger partial charge is 0.573 e. The third-order valence-electron chi connectivity index (χ3n) is 3.92. The maximum atomic E-state index is 13.5. The van der Waals surface area contributed by atoms with E-state index in [0.717, 1.165) is 18.2 Å². The van der Waals surface area contributed by atoms with Crippen LogP contribution in [-0.4, -0.2) is 23.7 Å². The highest BCUT2D eigenvalue weighted by Crippen LogP contribution is 2.42. The molecule has 0 aliphatic heterocycles. The van der Waals surface area contributed by atoms with Gasteiger partial charge in [0.15, 0.2) is 0 Å². The Kier molecular flexibility index (Phi) is 5.04. The molecule has 3 rings (SSSR count). The van der Waals surface area contributed by atoms with Gasteiger partial charge in [-0.05, 0) is 53.6 Å². The van der Waals surface area contributed by atoms with Crippen molar-refractivity contribution in [1.29, 1.82) is 0 Å². The van der Waals surface area contributed by atoms with E-state index in [4.69, 9.17) is 4.74 Å². The highest BCUT2D eigenvalue weighted by atomic mass is 19.4. The van der Waals surface area contributed by atoms with Crippen LogP contribution in [0.1, 0.15) is 0 Å². The molecule has 0 spiro atoms. The molecule has 0 aliphatic rings. The quantitative estimate of drug-likeness (QED) is 0.576. The highest BCUT2D eigenvalue weighted by Gasteiger charge is 2.32. The SMILES string of the molecule is COc1ccc(O)c(-c2ccc(-c3cc(O)cc(F)c3)cc2OC(F)(F)F)c1. The van der Waals surface area contributed by atoms with E-state index in [1.807, 2.05) is 0 Å². The van der Waals surface area contributed by atoms with Gasteiger partial charge in [-0.1, -0.05) is 6.07 Å². The maximum Gasteiger partial charge on any atom is 0.573 e. The van der Waals surface area contributed by atoms with Crippen LogP contribution in [-0.2, 0) is 0 Å². The number of phenols is 2. The number of aromatic hydroxyl groups is 2. The molecule has 0 fully saturated rings. The molecule has 0 unspecified atom stereocenters. The second kappa shape index (κ2) is 7.30. The number of hydrogen-bond donors (Lipinski definition) is 2. The molecule has 8 heteroatoms. The van der Waals surface area contributed by atoms with Crippen LogP contribution >= 0.6 is 0 Å². The number of methoxy groups -OCH3 is 1. The zero-order valence-electron chi connectivity index (χ0n) is 14.4. The predicted octanol–water partition coefficient (Wildman–Crippen LogP) is 5.48. The second-order valence-corrected chi connectivity index (χ2v) is 5.84. The first-order valence-corrected chi connectivity index (χ1v) is 7.93. The molecule has 2 N–H and O–H groups in total. The average Bonchev–Trinajstić information content (AvgIpc) is 2.60. The molecule has 3 aromatic carbocycles. The molecule has 0 amide bonds. The Morgan fingerprint density at radius 3 is 2.21 bits per heavy atom. The molecule has 0 aliphatic carbocycles. The van der Waals surface area contributed by atoms with Gasteiger partial charge in [0.1, 0.15) is 28.8 Å². The van der Waals surface area contributed by atoms with Gasteiger partial charge in [0, 0.05) is 17.2 Å². The fourth-order valence-electron chi connectivity index (χ4n) is 2.73. The van der Waals surface area contributed by atoms with Crippen molar-refractivity contribution in [2.75, 3.05) is 7.11 Å². The summed E-state index contributed by atoms with van der Waals surface area (Å²) < 4.78 is 61.5. The number of phenolic OH excluding ortho intramolecular Hbond substituents is 2. The maximum absolute atomic E-state index is 13.5. The second-order valence-electron chi connectivity index (χ2n) is 5.84. The number of halogens is 4. The molecule has 4 nitrogen and oxygen atoms in total. The number of rotatable bonds is 4. The molecule has 28 heavy (non-hydrogen) atoms. The molecule has 146 valence electrons. The van der Waals surface area contributed by atoms with Crippen LogP contribution in [0.3, 0.4) is 0 Å². The van der Waals surface area contributed by atoms with Gasteiger partial charge in [-0.15, -0.1) is 13.2 Å². The van der Waals surface area contributed by atoms with Crippen molar-refractivity contribution >= 4 is 0 Å². The zero-order chi connectivity index (χ0) is 20.5. The summed E-state index contributed by atoms with van der Waals surface area (Å²) in [6, 6.07) is 11.0. The van der Waals surface area contributed by atoms with Crippen molar-refractivity contribution < 1.29 is 37.2 Å². The van der Waals surface area contributed by atoms with E-state index >= 15 is 0 Å². The zero-order valence-corrected chi connectivity index (χ0v) is 14.4. The van der Waals surface area contributed by atoms with E-state index in [9.17, 15) is 27.8 Å². The third-order valence-corrected chi connectivity index (χ3v) is 3.92. The molecular formula is C20H14F4O4. The Bertz CT molecular complexity index is 995. The van der Waals surface area contributed by atoms with Gasteiger partial charge in [-0.25, -0.2) is 4.39 Å². The van der Waals surface area contributed by atoms with Crippen molar-refractivity contribution in [1.82, 2.24) is 0 Å². The summed E-state index contributed by atoms with van der Waals surface area (Å²) in [6.45, 7) is 0. The third kappa shape index (κ3) is 4.28. The summed E-state index contributed by atoms with van der Waals surface area (Å²) in [6.07, 6.45) is -4.99. The van der Waals surface area contributed by atoms with Gasteiger partial charge >= 0.3 is 6.36 Å². The molecule has 0 aromatic heterocycles. The number of hydrogen-bond acceptors (Lipinski definition) is 4. The number of alkyl halides is 3. The van der Waals surface area contributed by atoms with Gasteiger partial charge < -0.3 is 19.7 Å². The summed E-state index contributed by atoms with van der Waals surface area (Å²) in [5.74, 6) is -1.67. The molecule has 3 aromatic rings. The fraction of sp³-hybridized carbons (Fsp3) is 0.100. The Morgan fingerprint density at radius 2 is 1.57 bits per heavy atom. The van der Waals surface area contributed by atoms with E-state index in [1.54, 1.807) is 0 Å². The lowest BCUT2D eigenvalue weighted by atomic mass is 9.98. The first kappa shape index (κ1) is 19.3. The predicted molar refractivity (Wildman–Crippen MR) is 93.8 cm³/mol. The Hall–Kier alpha value is -3.42. The lowest BCUT2D eigenvalue weighted by molar-refractivity contribution is -0.274. The molecule has 0 atom stereocenters. The van der Waals surface area contributed by atoms with E-state index in [-0.39, 0.29) is 33.8 Å². The average molecular weight is 394 g/mol. The Morgan fingerprint density at radius 1 is 0.821 bits per heavy atom. The van der Waals surface area contributed by atoms with Crippen LogP contribution in [0.4, 0.5) is 17.6 Å². The summed E-state index contributed by atoms with van der Waals surface area (Å²) >= 11 is 0. The Labute approximate surface area is 157 Å². The monoisotopic (exact) mass is 394 g/mol. The highest BCUT2D eigenvalue weighted by molar-refractivity contribution is 5.80. The minimum Gasteiger partial charge on any atom is -0.508 e. The van der Waals surface area contributed by atoms with Crippen molar-refractivity contribution in [3.05, 3.63) is 60.4 Å².